The first-order chi connectivity index (χ1) is 13.8. The molecular weight excluding hydrogens is 380 g/mol. The maximum Gasteiger partial charge on any atom is 0.163 e. The zero-order valence-corrected chi connectivity index (χ0v) is 19.3. The second kappa shape index (κ2) is 7.70. The van der Waals surface area contributed by atoms with E-state index in [-0.39, 0.29) is 24.0 Å². The first-order valence-corrected chi connectivity index (χ1v) is 11.0. The fourth-order valence-corrected chi connectivity index (χ4v) is 6.25. The van der Waals surface area contributed by atoms with Crippen LogP contribution in [0.1, 0.15) is 60.8 Å². The van der Waals surface area contributed by atoms with Crippen molar-refractivity contribution in [3.8, 4) is 0 Å². The van der Waals surface area contributed by atoms with Crippen LogP contribution in [-0.2, 0) is 14.3 Å². The molecule has 168 valence electrons. The summed E-state index contributed by atoms with van der Waals surface area (Å²) in [5.41, 5.74) is -0.297. The van der Waals surface area contributed by atoms with E-state index in [0.29, 0.717) is 25.0 Å². The van der Waals surface area contributed by atoms with Gasteiger partial charge in [-0.2, -0.15) is 0 Å². The number of ether oxygens (including phenoxy) is 2. The molecule has 5 heteroatoms. The van der Waals surface area contributed by atoms with Crippen LogP contribution in [0.3, 0.4) is 0 Å². The van der Waals surface area contributed by atoms with Crippen LogP contribution < -0.4 is 0 Å². The molecule has 0 radical (unpaired) electrons. The molecule has 0 bridgehead atoms. The molecule has 0 unspecified atom stereocenters. The summed E-state index contributed by atoms with van der Waals surface area (Å²) in [5.74, 6) is -2.17. The maximum absolute atomic E-state index is 12.9. The van der Waals surface area contributed by atoms with Crippen molar-refractivity contribution in [1.82, 2.24) is 0 Å². The predicted molar refractivity (Wildman–Crippen MR) is 117 cm³/mol. The Kier molecular flexibility index (Phi) is 6.00. The van der Waals surface area contributed by atoms with E-state index in [2.05, 4.69) is 13.2 Å². The molecule has 1 heterocycles. The molecule has 7 atom stereocenters. The van der Waals surface area contributed by atoms with Gasteiger partial charge in [-0.3, -0.25) is 4.79 Å². The predicted octanol–water partition coefficient (Wildman–Crippen LogP) is 3.95. The van der Waals surface area contributed by atoms with Crippen molar-refractivity contribution in [2.24, 2.45) is 23.7 Å². The Morgan fingerprint density at radius 3 is 2.43 bits per heavy atom. The van der Waals surface area contributed by atoms with Gasteiger partial charge in [0.15, 0.2) is 11.6 Å². The molecule has 0 aromatic carbocycles. The van der Waals surface area contributed by atoms with Crippen molar-refractivity contribution in [2.75, 3.05) is 6.61 Å². The Morgan fingerprint density at radius 2 is 1.90 bits per heavy atom. The SMILES string of the molecule is C=C[C@@H]1C(=C(C)C)C(=O)C[C@H](C)[C@@]1(O)[C@H]1C[C@H]2COC(C)(C)O[C@H]2[C@]1(O)CC(=C)C. The van der Waals surface area contributed by atoms with Crippen molar-refractivity contribution < 1.29 is 24.5 Å². The van der Waals surface area contributed by atoms with E-state index in [1.165, 1.54) is 0 Å². The molecular formula is C25H38O5. The van der Waals surface area contributed by atoms with E-state index in [1.54, 1.807) is 6.08 Å². The number of hydrogen-bond acceptors (Lipinski definition) is 5. The third kappa shape index (κ3) is 3.54. The largest absolute Gasteiger partial charge is 0.388 e. The van der Waals surface area contributed by atoms with Crippen LogP contribution in [0.2, 0.25) is 0 Å². The summed E-state index contributed by atoms with van der Waals surface area (Å²) < 4.78 is 12.1. The summed E-state index contributed by atoms with van der Waals surface area (Å²) in [4.78, 5) is 12.9. The molecule has 2 N–H and O–H groups in total. The third-order valence-corrected chi connectivity index (χ3v) is 7.43. The number of ketones is 1. The van der Waals surface area contributed by atoms with Crippen molar-refractivity contribution in [3.63, 3.8) is 0 Å². The van der Waals surface area contributed by atoms with Gasteiger partial charge in [0.25, 0.3) is 0 Å². The van der Waals surface area contributed by atoms with Gasteiger partial charge in [0, 0.05) is 29.7 Å². The molecule has 1 saturated heterocycles. The molecule has 0 spiro atoms. The van der Waals surface area contributed by atoms with E-state index >= 15 is 0 Å². The third-order valence-electron chi connectivity index (χ3n) is 7.43. The normalized spacial score (nSPS) is 43.3. The highest BCUT2D eigenvalue weighted by molar-refractivity contribution is 5.98. The molecule has 3 rings (SSSR count). The Balaban J connectivity index is 2.15. The van der Waals surface area contributed by atoms with Gasteiger partial charge in [0.05, 0.1) is 18.3 Å². The number of Topliss-reactive ketones (excluding diaryl/α,β-unsaturated/α-hetero) is 1. The second-order valence-electron chi connectivity index (χ2n) is 10.5. The molecule has 1 aliphatic heterocycles. The molecule has 0 aromatic rings. The smallest absolute Gasteiger partial charge is 0.163 e. The summed E-state index contributed by atoms with van der Waals surface area (Å²) in [7, 11) is 0. The van der Waals surface area contributed by atoms with Crippen LogP contribution in [0.5, 0.6) is 0 Å². The molecule has 30 heavy (non-hydrogen) atoms. The summed E-state index contributed by atoms with van der Waals surface area (Å²) in [5, 5.41) is 24.5. The number of hydrogen-bond donors (Lipinski definition) is 2. The summed E-state index contributed by atoms with van der Waals surface area (Å²) in [6.45, 7) is 19.8. The van der Waals surface area contributed by atoms with Crippen LogP contribution in [0, 0.1) is 23.7 Å². The zero-order valence-electron chi connectivity index (χ0n) is 19.3. The van der Waals surface area contributed by atoms with Gasteiger partial charge in [0.1, 0.15) is 5.60 Å². The second-order valence-corrected chi connectivity index (χ2v) is 10.5. The number of carbonyl (C=O) groups is 1. The standard InChI is InChI=1S/C25H38O5/c1-9-18-21(15(4)5)19(26)10-16(6)25(18,28)20-11-17-13-29-23(7,8)30-22(17)24(20,27)12-14(2)3/h9,16-18,20,22,27-28H,1-2,10-13H2,3-8H3/t16-,17-,18+,20-,22+,24-,25-/m0/s1. The Hall–Kier alpha value is -1.27. The molecule has 0 amide bonds. The first-order valence-electron chi connectivity index (χ1n) is 11.0. The first kappa shape index (κ1) is 23.4. The lowest BCUT2D eigenvalue weighted by Crippen LogP contribution is -2.63. The minimum atomic E-state index is -1.32. The number of allylic oxidation sites excluding steroid dienone is 1. The van der Waals surface area contributed by atoms with Gasteiger partial charge >= 0.3 is 0 Å². The highest BCUT2D eigenvalue weighted by Gasteiger charge is 2.67. The van der Waals surface area contributed by atoms with E-state index in [1.807, 2.05) is 41.5 Å². The number of aliphatic hydroxyl groups is 2. The lowest BCUT2D eigenvalue weighted by Gasteiger charge is -2.53. The Labute approximate surface area is 180 Å². The van der Waals surface area contributed by atoms with Crippen LogP contribution in [-0.4, -0.2) is 45.7 Å². The minimum Gasteiger partial charge on any atom is -0.388 e. The monoisotopic (exact) mass is 418 g/mol. The van der Waals surface area contributed by atoms with Crippen molar-refractivity contribution in [2.45, 2.75) is 83.9 Å². The van der Waals surface area contributed by atoms with Gasteiger partial charge in [0.2, 0.25) is 0 Å². The fraction of sp³-hybridized carbons (Fsp3) is 0.720. The maximum atomic E-state index is 12.9. The average molecular weight is 419 g/mol. The van der Waals surface area contributed by atoms with E-state index in [4.69, 9.17) is 9.47 Å². The van der Waals surface area contributed by atoms with E-state index < -0.39 is 34.9 Å². The van der Waals surface area contributed by atoms with Gasteiger partial charge in [-0.25, -0.2) is 0 Å². The van der Waals surface area contributed by atoms with Crippen LogP contribution in [0.15, 0.2) is 36.0 Å². The van der Waals surface area contributed by atoms with E-state index in [9.17, 15) is 15.0 Å². The Morgan fingerprint density at radius 1 is 1.27 bits per heavy atom. The summed E-state index contributed by atoms with van der Waals surface area (Å²) in [6, 6.07) is 0. The minimum absolute atomic E-state index is 0.0400. The molecule has 2 saturated carbocycles. The van der Waals surface area contributed by atoms with Crippen LogP contribution in [0.25, 0.3) is 0 Å². The van der Waals surface area contributed by atoms with E-state index in [0.717, 1.165) is 11.1 Å². The molecule has 5 nitrogen and oxygen atoms in total. The molecule has 3 fully saturated rings. The fourth-order valence-electron chi connectivity index (χ4n) is 6.25. The lowest BCUT2D eigenvalue weighted by atomic mass is 9.56. The van der Waals surface area contributed by atoms with Gasteiger partial charge < -0.3 is 19.7 Å². The summed E-state index contributed by atoms with van der Waals surface area (Å²) in [6.07, 6.45) is 2.34. The zero-order chi connectivity index (χ0) is 22.6. The highest BCUT2D eigenvalue weighted by atomic mass is 16.7. The topological polar surface area (TPSA) is 76.0 Å². The Bertz CT molecular complexity index is 776. The average Bonchev–Trinajstić information content (AvgIpc) is 2.88. The van der Waals surface area contributed by atoms with Crippen molar-refractivity contribution in [1.29, 1.82) is 0 Å². The van der Waals surface area contributed by atoms with Gasteiger partial charge in [-0.15, -0.1) is 13.2 Å². The van der Waals surface area contributed by atoms with Crippen molar-refractivity contribution in [3.05, 3.63) is 36.0 Å². The lowest BCUT2D eigenvalue weighted by molar-refractivity contribution is -0.315. The van der Waals surface area contributed by atoms with Crippen LogP contribution in [0.4, 0.5) is 0 Å². The number of rotatable bonds is 4. The van der Waals surface area contributed by atoms with Gasteiger partial charge in [-0.1, -0.05) is 24.1 Å². The number of carbonyl (C=O) groups excluding carboxylic acids is 1. The molecule has 2 aliphatic carbocycles. The molecule has 3 aliphatic rings. The van der Waals surface area contributed by atoms with Crippen molar-refractivity contribution >= 4 is 5.78 Å². The molecule has 0 aromatic heterocycles. The summed E-state index contributed by atoms with van der Waals surface area (Å²) >= 11 is 0. The quantitative estimate of drug-likeness (QED) is 0.534. The highest BCUT2D eigenvalue weighted by Crippen LogP contribution is 2.58. The van der Waals surface area contributed by atoms with Gasteiger partial charge in [-0.05, 0) is 53.4 Å². The van der Waals surface area contributed by atoms with Crippen LogP contribution >= 0.6 is 0 Å². The number of fused-ring (bicyclic) bond motifs is 1.